The van der Waals surface area contributed by atoms with Crippen LogP contribution >= 0.6 is 23.2 Å². The molecule has 3 heterocycles. The molecule has 1 aromatic carbocycles. The van der Waals surface area contributed by atoms with Crippen molar-refractivity contribution in [1.29, 1.82) is 10.8 Å². The monoisotopic (exact) mass is 432 g/mol. The van der Waals surface area contributed by atoms with Crippen LogP contribution in [0.4, 0.5) is 11.6 Å². The van der Waals surface area contributed by atoms with E-state index in [-0.39, 0.29) is 11.0 Å². The van der Waals surface area contributed by atoms with Crippen LogP contribution in [0, 0.1) is 10.8 Å². The van der Waals surface area contributed by atoms with Crippen molar-refractivity contribution < 1.29 is 4.94 Å². The number of hydrogen-bond donors (Lipinski definition) is 5. The molecule has 11 heteroatoms. The summed E-state index contributed by atoms with van der Waals surface area (Å²) >= 11 is 12.1. The maximum absolute atomic E-state index is 8.51. The zero-order valence-corrected chi connectivity index (χ0v) is 16.7. The van der Waals surface area contributed by atoms with Crippen LogP contribution in [0.1, 0.15) is 5.56 Å². The highest BCUT2D eigenvalue weighted by Crippen LogP contribution is 2.29. The first-order valence-corrected chi connectivity index (χ1v) is 9.54. The van der Waals surface area contributed by atoms with Crippen LogP contribution < -0.4 is 27.3 Å². The Morgan fingerprint density at radius 2 is 1.76 bits per heavy atom. The van der Waals surface area contributed by atoms with Gasteiger partial charge in [0.25, 0.3) is 0 Å². The first-order valence-electron chi connectivity index (χ1n) is 8.78. The third-order valence-electron chi connectivity index (χ3n) is 4.48. The van der Waals surface area contributed by atoms with Crippen LogP contribution in [0.2, 0.25) is 10.0 Å². The fourth-order valence-corrected chi connectivity index (χ4v) is 3.33. The highest BCUT2D eigenvalue weighted by molar-refractivity contribution is 6.42. The SMILES string of the molecule is N=c1c(=N)n(-c2ccc(Cl)c(Cl)c2)c2c(n1CCNCc1ccncc1)NON2. The van der Waals surface area contributed by atoms with Crippen LogP contribution in [-0.4, -0.2) is 20.7 Å². The van der Waals surface area contributed by atoms with Crippen molar-refractivity contribution in [1.82, 2.24) is 19.4 Å². The molecule has 5 N–H and O–H groups in total. The van der Waals surface area contributed by atoms with Gasteiger partial charge in [0.15, 0.2) is 22.6 Å². The number of nitrogens with zero attached hydrogens (tertiary/aromatic N) is 3. The molecule has 2 aromatic heterocycles. The van der Waals surface area contributed by atoms with Gasteiger partial charge < -0.3 is 9.88 Å². The summed E-state index contributed by atoms with van der Waals surface area (Å²) in [4.78, 5) is 9.16. The molecular formula is C18H18Cl2N8O. The molecule has 4 rings (SSSR count). The van der Waals surface area contributed by atoms with Crippen molar-refractivity contribution in [2.24, 2.45) is 0 Å². The Bertz CT molecular complexity index is 1160. The predicted octanol–water partition coefficient (Wildman–Crippen LogP) is 2.41. The highest BCUT2D eigenvalue weighted by Gasteiger charge is 2.22. The van der Waals surface area contributed by atoms with Gasteiger partial charge in [0.05, 0.1) is 15.7 Å². The lowest BCUT2D eigenvalue weighted by atomic mass is 10.3. The van der Waals surface area contributed by atoms with E-state index in [1.807, 2.05) is 12.1 Å². The molecule has 0 spiro atoms. The van der Waals surface area contributed by atoms with Gasteiger partial charge in [-0.25, -0.2) is 11.0 Å². The Morgan fingerprint density at radius 3 is 2.52 bits per heavy atom. The Morgan fingerprint density at radius 1 is 1.00 bits per heavy atom. The van der Waals surface area contributed by atoms with E-state index in [1.54, 1.807) is 39.7 Å². The summed E-state index contributed by atoms with van der Waals surface area (Å²) in [5.74, 6) is 1.04. The molecule has 1 aliphatic heterocycles. The summed E-state index contributed by atoms with van der Waals surface area (Å²) in [6, 6.07) is 8.90. The highest BCUT2D eigenvalue weighted by atomic mass is 35.5. The minimum absolute atomic E-state index is 0.0175. The number of aromatic nitrogens is 3. The molecule has 9 nitrogen and oxygen atoms in total. The molecule has 3 aromatic rings. The van der Waals surface area contributed by atoms with Crippen molar-refractivity contribution >= 4 is 34.8 Å². The lowest BCUT2D eigenvalue weighted by Gasteiger charge is -2.17. The Labute approximate surface area is 175 Å². The van der Waals surface area contributed by atoms with Gasteiger partial charge in [0.1, 0.15) is 0 Å². The molecule has 0 saturated heterocycles. The van der Waals surface area contributed by atoms with Gasteiger partial charge in [0.2, 0.25) is 0 Å². The summed E-state index contributed by atoms with van der Waals surface area (Å²) < 4.78 is 3.21. The normalized spacial score (nSPS) is 12.3. The quantitative estimate of drug-likeness (QED) is 0.383. The molecule has 0 bridgehead atoms. The van der Waals surface area contributed by atoms with E-state index in [4.69, 9.17) is 39.0 Å². The number of anilines is 2. The number of fused-ring (bicyclic) bond motifs is 1. The summed E-state index contributed by atoms with van der Waals surface area (Å²) in [5.41, 5.74) is 7.24. The number of nitrogens with one attached hydrogen (secondary N) is 5. The maximum atomic E-state index is 8.51. The largest absolute Gasteiger partial charge is 0.311 e. The summed E-state index contributed by atoms with van der Waals surface area (Å²) in [6.45, 7) is 1.76. The topological polar surface area (TPSA) is 116 Å². The standard InChI is InChI=1S/C18H18Cl2N8O/c19-13-2-1-12(9-14(13)20)28-16(22)15(21)27(17-18(28)26-29-25-17)8-7-24-10-11-3-5-23-6-4-11/h1-6,9,21-22,24-26H,7-8,10H2. The van der Waals surface area contributed by atoms with Crippen molar-refractivity contribution in [3.63, 3.8) is 0 Å². The van der Waals surface area contributed by atoms with Crippen LogP contribution in [-0.2, 0) is 18.0 Å². The van der Waals surface area contributed by atoms with E-state index >= 15 is 0 Å². The molecule has 0 fully saturated rings. The smallest absolute Gasteiger partial charge is 0.182 e. The van der Waals surface area contributed by atoms with Crippen LogP contribution in [0.15, 0.2) is 42.7 Å². The number of hydrogen-bond acceptors (Lipinski definition) is 7. The van der Waals surface area contributed by atoms with Gasteiger partial charge in [0, 0.05) is 32.0 Å². The van der Waals surface area contributed by atoms with E-state index in [0.29, 0.717) is 47.0 Å². The van der Waals surface area contributed by atoms with Crippen molar-refractivity contribution in [3.8, 4) is 5.69 Å². The third kappa shape index (κ3) is 3.85. The van der Waals surface area contributed by atoms with E-state index < -0.39 is 0 Å². The fraction of sp³-hybridized carbons (Fsp3) is 0.167. The second-order valence-electron chi connectivity index (χ2n) is 6.32. The predicted molar refractivity (Wildman–Crippen MR) is 110 cm³/mol. The van der Waals surface area contributed by atoms with E-state index in [1.165, 1.54) is 0 Å². The Kier molecular flexibility index (Phi) is 5.54. The molecule has 0 aliphatic carbocycles. The van der Waals surface area contributed by atoms with Crippen LogP contribution in [0.25, 0.3) is 5.69 Å². The molecule has 29 heavy (non-hydrogen) atoms. The van der Waals surface area contributed by atoms with Crippen molar-refractivity contribution in [2.75, 3.05) is 17.5 Å². The maximum Gasteiger partial charge on any atom is 0.182 e. The van der Waals surface area contributed by atoms with Gasteiger partial charge in [-0.15, -0.1) is 0 Å². The van der Waals surface area contributed by atoms with Gasteiger partial charge in [-0.1, -0.05) is 23.2 Å². The lowest BCUT2D eigenvalue weighted by Crippen LogP contribution is -2.43. The minimum atomic E-state index is -0.0175. The Balaban J connectivity index is 1.62. The first kappa shape index (κ1) is 19.5. The zero-order chi connectivity index (χ0) is 20.4. The van der Waals surface area contributed by atoms with E-state index in [2.05, 4.69) is 21.3 Å². The van der Waals surface area contributed by atoms with Gasteiger partial charge in [-0.3, -0.25) is 20.4 Å². The van der Waals surface area contributed by atoms with E-state index in [9.17, 15) is 0 Å². The average molecular weight is 433 g/mol. The number of benzene rings is 1. The second-order valence-corrected chi connectivity index (χ2v) is 7.13. The number of pyridine rings is 1. The average Bonchev–Trinajstić information content (AvgIpc) is 3.20. The zero-order valence-electron chi connectivity index (χ0n) is 15.2. The number of halogens is 2. The molecule has 0 saturated carbocycles. The Hall–Kier alpha value is -2.85. The fourth-order valence-electron chi connectivity index (χ4n) is 3.04. The summed E-state index contributed by atoms with van der Waals surface area (Å²) in [6.07, 6.45) is 3.50. The van der Waals surface area contributed by atoms with E-state index in [0.717, 1.165) is 5.56 Å². The first-order chi connectivity index (χ1) is 14.1. The van der Waals surface area contributed by atoms with Gasteiger partial charge >= 0.3 is 0 Å². The minimum Gasteiger partial charge on any atom is -0.311 e. The molecule has 0 amide bonds. The van der Waals surface area contributed by atoms with Crippen LogP contribution in [0.3, 0.4) is 0 Å². The third-order valence-corrected chi connectivity index (χ3v) is 5.22. The molecule has 1 aliphatic rings. The molecule has 0 atom stereocenters. The molecule has 0 radical (unpaired) electrons. The molecular weight excluding hydrogens is 415 g/mol. The second kappa shape index (κ2) is 8.26. The van der Waals surface area contributed by atoms with Crippen LogP contribution in [0.5, 0.6) is 0 Å². The van der Waals surface area contributed by atoms with Gasteiger partial charge in [-0.05, 0) is 35.9 Å². The lowest BCUT2D eigenvalue weighted by molar-refractivity contribution is 0.278. The molecule has 150 valence electrons. The molecule has 0 unspecified atom stereocenters. The summed E-state index contributed by atoms with van der Waals surface area (Å²) in [7, 11) is 0. The summed E-state index contributed by atoms with van der Waals surface area (Å²) in [5, 5.41) is 21.1. The number of rotatable bonds is 6. The van der Waals surface area contributed by atoms with Crippen molar-refractivity contribution in [2.45, 2.75) is 13.1 Å². The van der Waals surface area contributed by atoms with Gasteiger partial charge in [-0.2, -0.15) is 4.94 Å². The van der Waals surface area contributed by atoms with Crippen molar-refractivity contribution in [3.05, 3.63) is 69.3 Å².